The molecule has 0 spiro atoms. The number of ether oxygens (including phenoxy) is 1. The van der Waals surface area contributed by atoms with Crippen LogP contribution in [0.25, 0.3) is 0 Å². The molecule has 0 amide bonds. The Kier molecular flexibility index (Phi) is 4.52. The SMILES string of the molecule is CC(C)(C)OC=O.Nc1cccc2c1CNC2. The lowest BCUT2D eigenvalue weighted by molar-refractivity contribution is -0.138. The first kappa shape index (κ1) is 13.5. The number of carbonyl (C=O) groups excluding carboxylic acids is 1. The lowest BCUT2D eigenvalue weighted by Gasteiger charge is -2.14. The van der Waals surface area contributed by atoms with Crippen LogP contribution in [0.1, 0.15) is 31.9 Å². The molecule has 0 bridgehead atoms. The average Bonchev–Trinajstić information content (AvgIpc) is 2.66. The monoisotopic (exact) mass is 236 g/mol. The fourth-order valence-corrected chi connectivity index (χ4v) is 1.50. The van der Waals surface area contributed by atoms with Gasteiger partial charge >= 0.3 is 0 Å². The Morgan fingerprint density at radius 2 is 2.06 bits per heavy atom. The van der Waals surface area contributed by atoms with E-state index in [1.54, 1.807) is 0 Å². The highest BCUT2D eigenvalue weighted by atomic mass is 16.5. The molecule has 3 N–H and O–H groups in total. The summed E-state index contributed by atoms with van der Waals surface area (Å²) in [6.07, 6.45) is 0. The van der Waals surface area contributed by atoms with E-state index in [1.165, 1.54) is 11.1 Å². The summed E-state index contributed by atoms with van der Waals surface area (Å²) in [5, 5.41) is 3.25. The van der Waals surface area contributed by atoms with Crippen molar-refractivity contribution in [2.24, 2.45) is 0 Å². The van der Waals surface area contributed by atoms with Gasteiger partial charge < -0.3 is 15.8 Å². The number of fused-ring (bicyclic) bond motifs is 1. The standard InChI is InChI=1S/C8H10N2.C5H10O2/c9-8-3-1-2-6-4-10-5-7(6)8;1-5(2,3)7-4-6/h1-3,10H,4-5,9H2;4H,1-3H3. The Balaban J connectivity index is 0.000000185. The fourth-order valence-electron chi connectivity index (χ4n) is 1.50. The zero-order valence-electron chi connectivity index (χ0n) is 10.6. The summed E-state index contributed by atoms with van der Waals surface area (Å²) in [5.74, 6) is 0. The average molecular weight is 236 g/mol. The van der Waals surface area contributed by atoms with Crippen LogP contribution in [0, 0.1) is 0 Å². The second-order valence-corrected chi connectivity index (χ2v) is 4.91. The predicted octanol–water partition coefficient (Wildman–Crippen LogP) is 1.83. The molecule has 0 unspecified atom stereocenters. The number of nitrogens with two attached hydrogens (primary N) is 1. The zero-order chi connectivity index (χ0) is 12.9. The lowest BCUT2D eigenvalue weighted by Crippen LogP contribution is -2.17. The van der Waals surface area contributed by atoms with E-state index in [9.17, 15) is 4.79 Å². The Morgan fingerprint density at radius 3 is 2.53 bits per heavy atom. The summed E-state index contributed by atoms with van der Waals surface area (Å²) in [7, 11) is 0. The number of hydrogen-bond donors (Lipinski definition) is 2. The quantitative estimate of drug-likeness (QED) is 0.577. The molecule has 0 aliphatic carbocycles. The van der Waals surface area contributed by atoms with Crippen molar-refractivity contribution in [1.29, 1.82) is 0 Å². The number of carbonyl (C=O) groups is 1. The first-order valence-electron chi connectivity index (χ1n) is 5.62. The van der Waals surface area contributed by atoms with E-state index < -0.39 is 0 Å². The first-order valence-corrected chi connectivity index (χ1v) is 5.62. The molecule has 0 atom stereocenters. The van der Waals surface area contributed by atoms with E-state index in [4.69, 9.17) is 5.73 Å². The molecule has 1 aromatic carbocycles. The van der Waals surface area contributed by atoms with Gasteiger partial charge in [0.1, 0.15) is 5.60 Å². The van der Waals surface area contributed by atoms with Crippen LogP contribution in [0.4, 0.5) is 5.69 Å². The van der Waals surface area contributed by atoms with Gasteiger partial charge in [-0.05, 0) is 38.0 Å². The molecule has 0 saturated carbocycles. The van der Waals surface area contributed by atoms with Gasteiger partial charge in [0.05, 0.1) is 0 Å². The molecule has 4 nitrogen and oxygen atoms in total. The molecule has 1 aliphatic rings. The molecule has 0 aromatic heterocycles. The number of nitrogens with one attached hydrogen (secondary N) is 1. The van der Waals surface area contributed by atoms with Gasteiger partial charge in [-0.1, -0.05) is 12.1 Å². The molecule has 1 aliphatic heterocycles. The van der Waals surface area contributed by atoms with Crippen LogP contribution in [-0.2, 0) is 22.6 Å². The van der Waals surface area contributed by atoms with E-state index in [-0.39, 0.29) is 5.60 Å². The van der Waals surface area contributed by atoms with Crippen molar-refractivity contribution in [3.8, 4) is 0 Å². The van der Waals surface area contributed by atoms with E-state index in [0.29, 0.717) is 6.47 Å². The van der Waals surface area contributed by atoms with Gasteiger partial charge in [0, 0.05) is 18.8 Å². The second kappa shape index (κ2) is 5.68. The summed E-state index contributed by atoms with van der Waals surface area (Å²) in [4.78, 5) is 9.60. The number of rotatable bonds is 1. The van der Waals surface area contributed by atoms with Gasteiger partial charge in [0.25, 0.3) is 6.47 Å². The Hall–Kier alpha value is -1.55. The van der Waals surface area contributed by atoms with Gasteiger partial charge in [0.15, 0.2) is 0 Å². The molecule has 17 heavy (non-hydrogen) atoms. The molecule has 2 rings (SSSR count). The van der Waals surface area contributed by atoms with E-state index >= 15 is 0 Å². The van der Waals surface area contributed by atoms with Crippen molar-refractivity contribution < 1.29 is 9.53 Å². The minimum absolute atomic E-state index is 0.318. The lowest BCUT2D eigenvalue weighted by atomic mass is 10.1. The van der Waals surface area contributed by atoms with Gasteiger partial charge in [0.2, 0.25) is 0 Å². The molecule has 1 heterocycles. The van der Waals surface area contributed by atoms with Crippen molar-refractivity contribution in [3.63, 3.8) is 0 Å². The topological polar surface area (TPSA) is 64.3 Å². The normalized spacial score (nSPS) is 13.4. The van der Waals surface area contributed by atoms with E-state index in [1.807, 2.05) is 32.9 Å². The summed E-state index contributed by atoms with van der Waals surface area (Å²) in [6, 6.07) is 6.07. The molecule has 4 heteroatoms. The third-order valence-corrected chi connectivity index (χ3v) is 2.33. The maximum atomic E-state index is 9.60. The molecular weight excluding hydrogens is 216 g/mol. The predicted molar refractivity (Wildman–Crippen MR) is 68.3 cm³/mol. The van der Waals surface area contributed by atoms with Gasteiger partial charge in [-0.25, -0.2) is 0 Å². The van der Waals surface area contributed by atoms with E-state index in [2.05, 4.69) is 16.1 Å². The van der Waals surface area contributed by atoms with Crippen molar-refractivity contribution in [2.75, 3.05) is 5.73 Å². The van der Waals surface area contributed by atoms with Gasteiger partial charge in [-0.3, -0.25) is 4.79 Å². The summed E-state index contributed by atoms with van der Waals surface area (Å²) in [5.41, 5.74) is 8.96. The highest BCUT2D eigenvalue weighted by Gasteiger charge is 2.10. The Morgan fingerprint density at radius 1 is 1.35 bits per heavy atom. The van der Waals surface area contributed by atoms with Crippen molar-refractivity contribution >= 4 is 12.2 Å². The summed E-state index contributed by atoms with van der Waals surface area (Å²) in [6.45, 7) is 7.83. The molecule has 0 saturated heterocycles. The number of hydrogen-bond acceptors (Lipinski definition) is 4. The minimum atomic E-state index is -0.318. The number of anilines is 1. The van der Waals surface area contributed by atoms with Crippen LogP contribution >= 0.6 is 0 Å². The van der Waals surface area contributed by atoms with Crippen LogP contribution in [0.15, 0.2) is 18.2 Å². The van der Waals surface area contributed by atoms with Crippen LogP contribution in [0.5, 0.6) is 0 Å². The number of nitrogen functional groups attached to an aromatic ring is 1. The van der Waals surface area contributed by atoms with E-state index in [0.717, 1.165) is 18.8 Å². The van der Waals surface area contributed by atoms with Crippen molar-refractivity contribution in [3.05, 3.63) is 29.3 Å². The smallest absolute Gasteiger partial charge is 0.293 e. The third-order valence-electron chi connectivity index (χ3n) is 2.33. The van der Waals surface area contributed by atoms with Crippen molar-refractivity contribution in [2.45, 2.75) is 39.5 Å². The molecule has 94 valence electrons. The summed E-state index contributed by atoms with van der Waals surface area (Å²) >= 11 is 0. The maximum absolute atomic E-state index is 9.60. The first-order chi connectivity index (χ1) is 7.94. The van der Waals surface area contributed by atoms with Crippen LogP contribution in [0.3, 0.4) is 0 Å². The number of benzene rings is 1. The third kappa shape index (κ3) is 4.44. The van der Waals surface area contributed by atoms with Crippen molar-refractivity contribution in [1.82, 2.24) is 5.32 Å². The zero-order valence-corrected chi connectivity index (χ0v) is 10.6. The highest BCUT2D eigenvalue weighted by molar-refractivity contribution is 5.52. The Labute approximate surface area is 102 Å². The maximum Gasteiger partial charge on any atom is 0.293 e. The van der Waals surface area contributed by atoms with Gasteiger partial charge in [-0.15, -0.1) is 0 Å². The highest BCUT2D eigenvalue weighted by Crippen LogP contribution is 2.20. The second-order valence-electron chi connectivity index (χ2n) is 4.91. The van der Waals surface area contributed by atoms with Gasteiger partial charge in [-0.2, -0.15) is 0 Å². The summed E-state index contributed by atoms with van der Waals surface area (Å²) < 4.78 is 4.55. The van der Waals surface area contributed by atoms with Crippen LogP contribution in [0.2, 0.25) is 0 Å². The Bertz CT molecular complexity index is 383. The molecular formula is C13H20N2O2. The molecule has 0 radical (unpaired) electrons. The molecule has 0 fully saturated rings. The fraction of sp³-hybridized carbons (Fsp3) is 0.462. The molecule has 1 aromatic rings. The van der Waals surface area contributed by atoms with Crippen LogP contribution in [-0.4, -0.2) is 12.1 Å². The minimum Gasteiger partial charge on any atom is -0.462 e. The largest absolute Gasteiger partial charge is 0.462 e. The van der Waals surface area contributed by atoms with Crippen LogP contribution < -0.4 is 11.1 Å².